The SMILES string of the molecule is CC(F)(F)F.CC(OO)C1CCC(OOCc2ccccc2)CC1.CC(OO)C1CCC(OOCc2ccccc2)CC1.CF. The van der Waals surface area contributed by atoms with E-state index in [1.165, 1.54) is 0 Å². The van der Waals surface area contributed by atoms with Crippen LogP contribution in [0.1, 0.15) is 83.3 Å². The van der Waals surface area contributed by atoms with Gasteiger partial charge in [0.15, 0.2) is 0 Å². The van der Waals surface area contributed by atoms with Gasteiger partial charge >= 0.3 is 6.18 Å². The van der Waals surface area contributed by atoms with Crippen molar-refractivity contribution in [2.24, 2.45) is 11.8 Å². The van der Waals surface area contributed by atoms with Crippen LogP contribution in [0, 0.1) is 11.8 Å². The van der Waals surface area contributed by atoms with E-state index in [1.807, 2.05) is 74.5 Å². The van der Waals surface area contributed by atoms with E-state index in [9.17, 15) is 17.6 Å². The molecule has 0 aromatic heterocycles. The largest absolute Gasteiger partial charge is 0.386 e. The first-order chi connectivity index (χ1) is 21.6. The number of benzene rings is 2. The van der Waals surface area contributed by atoms with Crippen LogP contribution in [-0.4, -0.2) is 48.3 Å². The number of hydrogen-bond donors (Lipinski definition) is 2. The van der Waals surface area contributed by atoms with Crippen LogP contribution in [-0.2, 0) is 42.5 Å². The smallest absolute Gasteiger partial charge is 0.255 e. The number of rotatable bonds is 12. The Balaban J connectivity index is 0.000000374. The van der Waals surface area contributed by atoms with Crippen LogP contribution < -0.4 is 0 Å². The Labute approximate surface area is 264 Å². The Morgan fingerprint density at radius 3 is 1.18 bits per heavy atom. The predicted octanol–water partition coefficient (Wildman–Crippen LogP) is 9.30. The lowest BCUT2D eigenvalue weighted by molar-refractivity contribution is -0.340. The maximum atomic E-state index is 10.4. The molecule has 2 aliphatic carbocycles. The molecule has 2 aliphatic rings. The molecular weight excluding hydrogens is 600 g/mol. The normalized spacial score (nSPS) is 22.7. The predicted molar refractivity (Wildman–Crippen MR) is 161 cm³/mol. The first-order valence-electron chi connectivity index (χ1n) is 15.3. The van der Waals surface area contributed by atoms with Gasteiger partial charge < -0.3 is 0 Å². The number of alkyl halides is 4. The second kappa shape index (κ2) is 24.1. The summed E-state index contributed by atoms with van der Waals surface area (Å²) in [6.45, 7) is 4.95. The summed E-state index contributed by atoms with van der Waals surface area (Å²) in [7, 11) is 0.500. The fourth-order valence-corrected chi connectivity index (χ4v) is 5.03. The van der Waals surface area contributed by atoms with E-state index in [-0.39, 0.29) is 31.3 Å². The van der Waals surface area contributed by atoms with Gasteiger partial charge in [0, 0.05) is 6.92 Å². The van der Waals surface area contributed by atoms with Crippen molar-refractivity contribution in [2.75, 3.05) is 7.18 Å². The van der Waals surface area contributed by atoms with E-state index in [4.69, 9.17) is 30.1 Å². The molecule has 8 nitrogen and oxygen atoms in total. The highest BCUT2D eigenvalue weighted by Crippen LogP contribution is 2.30. The molecule has 258 valence electrons. The van der Waals surface area contributed by atoms with Gasteiger partial charge in [0.25, 0.3) is 0 Å². The molecular formula is C33H50F4O8. The zero-order valence-corrected chi connectivity index (χ0v) is 26.7. The van der Waals surface area contributed by atoms with Crippen LogP contribution in [0.4, 0.5) is 17.6 Å². The van der Waals surface area contributed by atoms with Crippen LogP contribution in [0.3, 0.4) is 0 Å². The fraction of sp³-hybridized carbons (Fsp3) is 0.636. The third-order valence-corrected chi connectivity index (χ3v) is 7.64. The molecule has 0 saturated heterocycles. The highest BCUT2D eigenvalue weighted by Gasteiger charge is 2.28. The first-order valence-corrected chi connectivity index (χ1v) is 15.3. The molecule has 2 N–H and O–H groups in total. The van der Waals surface area contributed by atoms with Gasteiger partial charge in [-0.25, -0.2) is 29.3 Å². The summed E-state index contributed by atoms with van der Waals surface area (Å²) < 4.78 is 40.6. The van der Waals surface area contributed by atoms with Crippen LogP contribution in [0.5, 0.6) is 0 Å². The summed E-state index contributed by atoms with van der Waals surface area (Å²) in [4.78, 5) is 30.3. The molecule has 2 aromatic carbocycles. The van der Waals surface area contributed by atoms with Gasteiger partial charge in [0.1, 0.15) is 13.2 Å². The summed E-state index contributed by atoms with van der Waals surface area (Å²) in [6.07, 6.45) is 3.94. The van der Waals surface area contributed by atoms with Crippen molar-refractivity contribution in [2.45, 2.75) is 116 Å². The fourth-order valence-electron chi connectivity index (χ4n) is 5.03. The summed E-state index contributed by atoms with van der Waals surface area (Å²) in [5.74, 6) is 0.831. The number of hydrogen-bond acceptors (Lipinski definition) is 8. The Morgan fingerprint density at radius 1 is 0.622 bits per heavy atom. The van der Waals surface area contributed by atoms with E-state index in [1.54, 1.807) is 0 Å². The molecule has 0 aliphatic heterocycles. The lowest BCUT2D eigenvalue weighted by Gasteiger charge is -2.29. The first kappa shape index (κ1) is 40.9. The van der Waals surface area contributed by atoms with Gasteiger partial charge in [0.2, 0.25) is 0 Å². The van der Waals surface area contributed by atoms with Crippen molar-refractivity contribution in [3.05, 3.63) is 71.8 Å². The molecule has 12 heteroatoms. The second-order valence-electron chi connectivity index (χ2n) is 11.2. The van der Waals surface area contributed by atoms with Gasteiger partial charge in [-0.3, -0.25) is 14.9 Å². The van der Waals surface area contributed by atoms with Gasteiger partial charge in [0.05, 0.1) is 31.6 Å². The zero-order chi connectivity index (χ0) is 33.5. The van der Waals surface area contributed by atoms with Gasteiger partial charge in [-0.1, -0.05) is 60.7 Å². The Hall–Kier alpha value is -2.16. The van der Waals surface area contributed by atoms with Crippen molar-refractivity contribution < 1.29 is 57.4 Å². The van der Waals surface area contributed by atoms with Crippen LogP contribution in [0.25, 0.3) is 0 Å². The molecule has 2 atom stereocenters. The Kier molecular flexibility index (Phi) is 21.9. The maximum Gasteiger partial charge on any atom is 0.386 e. The molecule has 0 spiro atoms. The van der Waals surface area contributed by atoms with E-state index in [0.717, 1.165) is 62.5 Å². The average molecular weight is 651 g/mol. The molecule has 2 saturated carbocycles. The van der Waals surface area contributed by atoms with Gasteiger partial charge in [-0.05, 0) is 88.2 Å². The minimum absolute atomic E-state index is 0.0915. The molecule has 0 radical (unpaired) electrons. The van der Waals surface area contributed by atoms with Gasteiger partial charge in [-0.15, -0.1) is 0 Å². The van der Waals surface area contributed by atoms with Crippen LogP contribution in [0.15, 0.2) is 60.7 Å². The van der Waals surface area contributed by atoms with Crippen LogP contribution >= 0.6 is 0 Å². The summed E-state index contributed by atoms with van der Waals surface area (Å²) in [6, 6.07) is 20.0. The zero-order valence-electron chi connectivity index (χ0n) is 26.7. The Bertz CT molecular complexity index is 861. The van der Waals surface area contributed by atoms with Crippen LogP contribution in [0.2, 0.25) is 0 Å². The quantitative estimate of drug-likeness (QED) is 0.133. The van der Waals surface area contributed by atoms with Crippen molar-refractivity contribution in [1.29, 1.82) is 0 Å². The molecule has 0 bridgehead atoms. The molecule has 2 unspecified atom stereocenters. The third-order valence-electron chi connectivity index (χ3n) is 7.64. The van der Waals surface area contributed by atoms with Crippen molar-refractivity contribution in [3.8, 4) is 0 Å². The highest BCUT2D eigenvalue weighted by molar-refractivity contribution is 5.13. The number of halogens is 4. The average Bonchev–Trinajstić information content (AvgIpc) is 3.06. The molecule has 0 amide bonds. The third kappa shape index (κ3) is 19.9. The lowest BCUT2D eigenvalue weighted by Crippen LogP contribution is -2.28. The molecule has 4 rings (SSSR count). The molecule has 45 heavy (non-hydrogen) atoms. The monoisotopic (exact) mass is 650 g/mol. The summed E-state index contributed by atoms with van der Waals surface area (Å²) in [5.41, 5.74) is 2.22. The van der Waals surface area contributed by atoms with E-state index in [2.05, 4.69) is 9.78 Å². The van der Waals surface area contributed by atoms with E-state index in [0.29, 0.717) is 32.2 Å². The van der Waals surface area contributed by atoms with E-state index >= 15 is 0 Å². The molecule has 0 heterocycles. The standard InChI is InChI=1S/2C15H22O4.C2H3F3.CH3F/c2*1-12(18-16)14-7-9-15(10-8-14)19-17-11-13-5-3-2-4-6-13;1-2(3,4)5;1-2/h2*2-6,12,14-16H,7-11H2,1H3;1H3;1H3. The lowest BCUT2D eigenvalue weighted by atomic mass is 9.84. The van der Waals surface area contributed by atoms with Gasteiger partial charge in [-0.2, -0.15) is 13.2 Å². The molecule has 2 fully saturated rings. The van der Waals surface area contributed by atoms with Crippen molar-refractivity contribution in [1.82, 2.24) is 0 Å². The summed E-state index contributed by atoms with van der Waals surface area (Å²) in [5, 5.41) is 17.3. The van der Waals surface area contributed by atoms with Crippen molar-refractivity contribution in [3.63, 3.8) is 0 Å². The van der Waals surface area contributed by atoms with Crippen molar-refractivity contribution >= 4 is 0 Å². The second-order valence-corrected chi connectivity index (χ2v) is 11.2. The maximum absolute atomic E-state index is 10.4. The topological polar surface area (TPSA) is 95.8 Å². The molecule has 2 aromatic rings. The van der Waals surface area contributed by atoms with E-state index < -0.39 is 6.18 Å². The minimum Gasteiger partial charge on any atom is -0.255 e. The minimum atomic E-state index is -4.00. The Morgan fingerprint density at radius 2 is 0.911 bits per heavy atom. The highest BCUT2D eigenvalue weighted by atomic mass is 19.4. The summed E-state index contributed by atoms with van der Waals surface area (Å²) >= 11 is 0.